The summed E-state index contributed by atoms with van der Waals surface area (Å²) in [5, 5.41) is 0.665. The van der Waals surface area contributed by atoms with E-state index in [0.29, 0.717) is 17.1 Å². The van der Waals surface area contributed by atoms with Crippen molar-refractivity contribution in [2.24, 2.45) is 0 Å². The summed E-state index contributed by atoms with van der Waals surface area (Å²) >= 11 is 5.96. The van der Waals surface area contributed by atoms with Gasteiger partial charge in [0.05, 0.1) is 5.02 Å². The highest BCUT2D eigenvalue weighted by molar-refractivity contribution is 6.30. The number of benzene rings is 1. The van der Waals surface area contributed by atoms with Gasteiger partial charge in [0.2, 0.25) is 0 Å². The van der Waals surface area contributed by atoms with Crippen LogP contribution < -0.4 is 9.64 Å². The summed E-state index contributed by atoms with van der Waals surface area (Å²) in [6, 6.07) is 11.1. The number of rotatable bonds is 3. The van der Waals surface area contributed by atoms with Crippen LogP contribution in [0.25, 0.3) is 0 Å². The van der Waals surface area contributed by atoms with Crippen LogP contribution in [0.1, 0.15) is 19.8 Å². The van der Waals surface area contributed by atoms with Crippen LogP contribution in [0, 0.1) is 5.82 Å². The van der Waals surface area contributed by atoms with Crippen molar-refractivity contribution in [2.45, 2.75) is 38.0 Å². The average molecular weight is 376 g/mol. The van der Waals surface area contributed by atoms with Gasteiger partial charge in [-0.05, 0) is 56.2 Å². The van der Waals surface area contributed by atoms with E-state index in [0.717, 1.165) is 44.0 Å². The molecule has 6 heteroatoms. The van der Waals surface area contributed by atoms with E-state index in [1.165, 1.54) is 12.1 Å². The highest BCUT2D eigenvalue weighted by Gasteiger charge is 2.38. The van der Waals surface area contributed by atoms with E-state index in [4.69, 9.17) is 16.3 Å². The van der Waals surface area contributed by atoms with Crippen LogP contribution in [0.4, 0.5) is 10.2 Å². The number of aromatic nitrogens is 1. The lowest BCUT2D eigenvalue weighted by molar-refractivity contribution is 0.0288. The molecular weight excluding hydrogens is 353 g/mol. The minimum Gasteiger partial charge on any atom is -0.489 e. The third kappa shape index (κ3) is 3.64. The Labute approximate surface area is 158 Å². The molecule has 3 heterocycles. The largest absolute Gasteiger partial charge is 0.489 e. The number of halogens is 2. The zero-order chi connectivity index (χ0) is 18.1. The molecule has 3 atom stereocenters. The number of nitrogens with zero attached hydrogens (tertiary/aromatic N) is 3. The van der Waals surface area contributed by atoms with Gasteiger partial charge in [-0.15, -0.1) is 0 Å². The first-order valence-corrected chi connectivity index (χ1v) is 9.52. The molecule has 0 saturated carbocycles. The maximum Gasteiger partial charge on any atom is 0.128 e. The fourth-order valence-corrected chi connectivity index (χ4v) is 4.25. The third-order valence-corrected chi connectivity index (χ3v) is 5.71. The van der Waals surface area contributed by atoms with Crippen LogP contribution in [-0.2, 0) is 0 Å². The summed E-state index contributed by atoms with van der Waals surface area (Å²) in [7, 11) is 0. The van der Waals surface area contributed by atoms with Crippen LogP contribution in [0.2, 0.25) is 5.02 Å². The first-order valence-electron chi connectivity index (χ1n) is 9.14. The molecule has 0 aliphatic carbocycles. The Kier molecular flexibility index (Phi) is 5.00. The number of pyridine rings is 1. The van der Waals surface area contributed by atoms with E-state index < -0.39 is 0 Å². The maximum atomic E-state index is 13.0. The first kappa shape index (κ1) is 17.6. The Morgan fingerprint density at radius 1 is 1.12 bits per heavy atom. The van der Waals surface area contributed by atoms with Crippen molar-refractivity contribution in [3.05, 3.63) is 53.4 Å². The minimum atomic E-state index is -0.234. The number of piperazine rings is 1. The Morgan fingerprint density at radius 3 is 2.65 bits per heavy atom. The van der Waals surface area contributed by atoms with Gasteiger partial charge in [-0.2, -0.15) is 0 Å². The molecule has 0 N–H and O–H groups in total. The summed E-state index contributed by atoms with van der Waals surface area (Å²) < 4.78 is 19.1. The van der Waals surface area contributed by atoms with Gasteiger partial charge in [-0.3, -0.25) is 4.90 Å². The van der Waals surface area contributed by atoms with Crippen LogP contribution in [0.5, 0.6) is 5.75 Å². The molecule has 0 amide bonds. The molecule has 1 aromatic carbocycles. The van der Waals surface area contributed by atoms with Crippen LogP contribution in [0.3, 0.4) is 0 Å². The molecular formula is C20H23ClFN3O. The maximum absolute atomic E-state index is 13.0. The Morgan fingerprint density at radius 2 is 1.92 bits per heavy atom. The van der Waals surface area contributed by atoms with Crippen LogP contribution >= 0.6 is 11.6 Å². The van der Waals surface area contributed by atoms with E-state index >= 15 is 0 Å². The average Bonchev–Trinajstić information content (AvgIpc) is 2.65. The predicted octanol–water partition coefficient (Wildman–Crippen LogP) is 3.99. The second kappa shape index (κ2) is 7.41. The molecule has 2 fully saturated rings. The van der Waals surface area contributed by atoms with E-state index in [2.05, 4.69) is 21.7 Å². The lowest BCUT2D eigenvalue weighted by Gasteiger charge is -2.50. The standard InChI is InChI=1S/C20H23ClFN3O/c1-14-19-8-7-18(26-17-5-3-16(22)4-6-17)13-24(19)10-11-25(14)20-9-2-15(21)12-23-20/h2-6,9,12,14,18-19H,7-8,10-11,13H2,1H3/t14?,18-,19+/m1/s1. The Hall–Kier alpha value is -1.85. The molecule has 0 spiro atoms. The van der Waals surface area contributed by atoms with Gasteiger partial charge in [-0.25, -0.2) is 9.37 Å². The van der Waals surface area contributed by atoms with Gasteiger partial charge in [0.25, 0.3) is 0 Å². The molecule has 2 saturated heterocycles. The normalized spacial score (nSPS) is 26.4. The van der Waals surface area contributed by atoms with Crippen molar-refractivity contribution in [2.75, 3.05) is 24.5 Å². The summed E-state index contributed by atoms with van der Waals surface area (Å²) in [5.41, 5.74) is 0. The Bertz CT molecular complexity index is 740. The molecule has 138 valence electrons. The SMILES string of the molecule is CC1[C@@H]2CC[C@@H](Oc3ccc(F)cc3)CN2CCN1c1ccc(Cl)cn1. The van der Waals surface area contributed by atoms with E-state index in [1.807, 2.05) is 12.1 Å². The first-order chi connectivity index (χ1) is 12.6. The number of hydrogen-bond donors (Lipinski definition) is 0. The van der Waals surface area contributed by atoms with E-state index in [-0.39, 0.29) is 11.9 Å². The summed E-state index contributed by atoms with van der Waals surface area (Å²) in [6.07, 6.45) is 3.95. The van der Waals surface area contributed by atoms with Gasteiger partial charge in [0.15, 0.2) is 0 Å². The number of fused-ring (bicyclic) bond motifs is 1. The summed E-state index contributed by atoms with van der Waals surface area (Å²) in [6.45, 7) is 5.11. The van der Waals surface area contributed by atoms with Gasteiger partial charge in [-0.1, -0.05) is 11.6 Å². The zero-order valence-corrected chi connectivity index (χ0v) is 15.6. The van der Waals surface area contributed by atoms with Crippen molar-refractivity contribution >= 4 is 17.4 Å². The molecule has 4 nitrogen and oxygen atoms in total. The molecule has 4 rings (SSSR count). The zero-order valence-electron chi connectivity index (χ0n) is 14.8. The topological polar surface area (TPSA) is 28.6 Å². The smallest absolute Gasteiger partial charge is 0.128 e. The Balaban J connectivity index is 1.40. The van der Waals surface area contributed by atoms with Crippen molar-refractivity contribution in [3.8, 4) is 5.75 Å². The highest BCUT2D eigenvalue weighted by atomic mass is 35.5. The number of hydrogen-bond acceptors (Lipinski definition) is 4. The van der Waals surface area contributed by atoms with Crippen molar-refractivity contribution < 1.29 is 9.13 Å². The van der Waals surface area contributed by atoms with Gasteiger partial charge < -0.3 is 9.64 Å². The predicted molar refractivity (Wildman–Crippen MR) is 101 cm³/mol. The second-order valence-electron chi connectivity index (χ2n) is 7.10. The van der Waals surface area contributed by atoms with Gasteiger partial charge in [0.1, 0.15) is 23.5 Å². The fraction of sp³-hybridized carbons (Fsp3) is 0.450. The molecule has 2 aliphatic heterocycles. The molecule has 0 bridgehead atoms. The van der Waals surface area contributed by atoms with E-state index in [1.54, 1.807) is 18.3 Å². The van der Waals surface area contributed by atoms with Gasteiger partial charge in [0, 0.05) is 37.9 Å². The van der Waals surface area contributed by atoms with Crippen LogP contribution in [-0.4, -0.2) is 47.7 Å². The van der Waals surface area contributed by atoms with Crippen LogP contribution in [0.15, 0.2) is 42.6 Å². The summed E-state index contributed by atoms with van der Waals surface area (Å²) in [4.78, 5) is 9.38. The van der Waals surface area contributed by atoms with Gasteiger partial charge >= 0.3 is 0 Å². The number of piperidine rings is 1. The lowest BCUT2D eigenvalue weighted by Crippen LogP contribution is -2.62. The molecule has 2 aliphatic rings. The lowest BCUT2D eigenvalue weighted by atomic mass is 9.91. The molecule has 2 aromatic rings. The van der Waals surface area contributed by atoms with Crippen molar-refractivity contribution in [3.63, 3.8) is 0 Å². The van der Waals surface area contributed by atoms with Crippen molar-refractivity contribution in [1.82, 2.24) is 9.88 Å². The number of ether oxygens (including phenoxy) is 1. The molecule has 1 aromatic heterocycles. The molecule has 1 unspecified atom stereocenters. The highest BCUT2D eigenvalue weighted by Crippen LogP contribution is 2.30. The minimum absolute atomic E-state index is 0.157. The third-order valence-electron chi connectivity index (χ3n) is 5.49. The molecule has 0 radical (unpaired) electrons. The molecule has 26 heavy (non-hydrogen) atoms. The van der Waals surface area contributed by atoms with E-state index in [9.17, 15) is 4.39 Å². The quantitative estimate of drug-likeness (QED) is 0.810. The monoisotopic (exact) mass is 375 g/mol. The second-order valence-corrected chi connectivity index (χ2v) is 7.54. The summed E-state index contributed by atoms with van der Waals surface area (Å²) in [5.74, 6) is 1.50. The van der Waals surface area contributed by atoms with Crippen molar-refractivity contribution in [1.29, 1.82) is 0 Å². The number of anilines is 1. The fourth-order valence-electron chi connectivity index (χ4n) is 4.14.